The van der Waals surface area contributed by atoms with Gasteiger partial charge in [0.2, 0.25) is 0 Å². The molecule has 0 saturated carbocycles. The van der Waals surface area contributed by atoms with E-state index in [9.17, 15) is 4.79 Å². The zero-order valence-electron chi connectivity index (χ0n) is 15.2. The van der Waals surface area contributed by atoms with Gasteiger partial charge in [-0.3, -0.25) is 4.90 Å². The molecule has 0 N–H and O–H groups in total. The van der Waals surface area contributed by atoms with E-state index >= 15 is 0 Å². The average molecular weight is 344 g/mol. The fraction of sp³-hybridized carbons (Fsp3) is 0.684. The van der Waals surface area contributed by atoms with Crippen molar-refractivity contribution in [1.29, 1.82) is 0 Å². The molecule has 4 rings (SSSR count). The van der Waals surface area contributed by atoms with E-state index in [0.29, 0.717) is 5.56 Å². The van der Waals surface area contributed by atoms with Gasteiger partial charge in [-0.25, -0.2) is 9.78 Å². The van der Waals surface area contributed by atoms with Crippen LogP contribution in [0.3, 0.4) is 0 Å². The molecule has 0 spiro atoms. The molecule has 2 atom stereocenters. The Morgan fingerprint density at radius 2 is 1.80 bits per heavy atom. The predicted molar refractivity (Wildman–Crippen MR) is 97.0 cm³/mol. The van der Waals surface area contributed by atoms with Crippen LogP contribution >= 0.6 is 0 Å². The Labute approximate surface area is 149 Å². The third-order valence-electron chi connectivity index (χ3n) is 6.40. The Kier molecular flexibility index (Phi) is 4.65. The first-order valence-electron chi connectivity index (χ1n) is 9.41. The maximum absolute atomic E-state index is 12.0. The second-order valence-corrected chi connectivity index (χ2v) is 7.56. The van der Waals surface area contributed by atoms with Gasteiger partial charge < -0.3 is 14.5 Å². The van der Waals surface area contributed by atoms with Crippen LogP contribution in [0.4, 0.5) is 5.82 Å². The normalized spacial score (nSPS) is 30.5. The molecule has 1 aromatic heterocycles. The zero-order valence-corrected chi connectivity index (χ0v) is 15.2. The first-order valence-corrected chi connectivity index (χ1v) is 9.41. The van der Waals surface area contributed by atoms with Crippen molar-refractivity contribution >= 4 is 11.8 Å². The van der Waals surface area contributed by atoms with Gasteiger partial charge in [-0.15, -0.1) is 0 Å². The number of ether oxygens (including phenoxy) is 1. The SMILES string of the molecule is COC(=O)c1cccnc1N1CCN(C2CC3CCC(C2)N3C)CC1. The van der Waals surface area contributed by atoms with Crippen molar-refractivity contribution in [1.82, 2.24) is 14.8 Å². The molecular weight excluding hydrogens is 316 g/mol. The van der Waals surface area contributed by atoms with Gasteiger partial charge in [0.05, 0.1) is 7.11 Å². The Morgan fingerprint density at radius 1 is 1.12 bits per heavy atom. The third kappa shape index (κ3) is 3.13. The molecule has 3 aliphatic heterocycles. The summed E-state index contributed by atoms with van der Waals surface area (Å²) in [4.78, 5) is 23.9. The van der Waals surface area contributed by atoms with Crippen LogP contribution in [0.25, 0.3) is 0 Å². The van der Waals surface area contributed by atoms with Gasteiger partial charge in [0.1, 0.15) is 11.4 Å². The maximum Gasteiger partial charge on any atom is 0.341 e. The highest BCUT2D eigenvalue weighted by atomic mass is 16.5. The topological polar surface area (TPSA) is 48.9 Å². The van der Waals surface area contributed by atoms with E-state index in [2.05, 4.69) is 26.7 Å². The van der Waals surface area contributed by atoms with Crippen LogP contribution in [-0.4, -0.2) is 79.2 Å². The molecule has 6 nitrogen and oxygen atoms in total. The second kappa shape index (κ2) is 6.92. The lowest BCUT2D eigenvalue weighted by Gasteiger charge is -2.45. The Balaban J connectivity index is 1.40. The molecule has 1 aromatic rings. The summed E-state index contributed by atoms with van der Waals surface area (Å²) in [7, 11) is 3.72. The summed E-state index contributed by atoms with van der Waals surface area (Å²) in [5, 5.41) is 0. The van der Waals surface area contributed by atoms with Crippen LogP contribution in [0, 0.1) is 0 Å². The number of hydrogen-bond donors (Lipinski definition) is 0. The number of piperidine rings is 1. The summed E-state index contributed by atoms with van der Waals surface area (Å²) < 4.78 is 4.90. The molecule has 136 valence electrons. The number of aromatic nitrogens is 1. The highest BCUT2D eigenvalue weighted by molar-refractivity contribution is 5.94. The smallest absolute Gasteiger partial charge is 0.341 e. The Bertz CT molecular complexity index is 616. The summed E-state index contributed by atoms with van der Waals surface area (Å²) in [6, 6.07) is 5.88. The molecular formula is C19H28N4O2. The summed E-state index contributed by atoms with van der Waals surface area (Å²) in [6.45, 7) is 3.93. The molecule has 0 radical (unpaired) electrons. The largest absolute Gasteiger partial charge is 0.465 e. The number of carbonyl (C=O) groups is 1. The van der Waals surface area contributed by atoms with E-state index in [-0.39, 0.29) is 5.97 Å². The number of piperazine rings is 1. The number of hydrogen-bond acceptors (Lipinski definition) is 6. The molecule has 3 fully saturated rings. The van der Waals surface area contributed by atoms with Gasteiger partial charge in [0, 0.05) is 50.5 Å². The second-order valence-electron chi connectivity index (χ2n) is 7.56. The summed E-state index contributed by atoms with van der Waals surface area (Å²) in [6.07, 6.45) is 7.11. The lowest BCUT2D eigenvalue weighted by molar-refractivity contribution is 0.0599. The first kappa shape index (κ1) is 16.8. The molecule has 25 heavy (non-hydrogen) atoms. The van der Waals surface area contributed by atoms with Gasteiger partial charge in [-0.05, 0) is 44.9 Å². The van der Waals surface area contributed by atoms with E-state index in [1.807, 2.05) is 0 Å². The highest BCUT2D eigenvalue weighted by Crippen LogP contribution is 2.36. The standard InChI is InChI=1S/C19H28N4O2/c1-21-14-5-6-15(21)13-16(12-14)22-8-10-23(11-9-22)18-17(19(24)25-2)4-3-7-20-18/h3-4,7,14-16H,5-6,8-13H2,1-2H3. The minimum atomic E-state index is -0.308. The van der Waals surface area contributed by atoms with Crippen LogP contribution in [0.1, 0.15) is 36.0 Å². The minimum absolute atomic E-state index is 0.308. The molecule has 0 aliphatic carbocycles. The van der Waals surface area contributed by atoms with Gasteiger partial charge in [0.25, 0.3) is 0 Å². The van der Waals surface area contributed by atoms with E-state index in [4.69, 9.17) is 4.74 Å². The monoisotopic (exact) mass is 344 g/mol. The number of fused-ring (bicyclic) bond motifs is 2. The number of esters is 1. The Hall–Kier alpha value is -1.66. The molecule has 3 aliphatic rings. The number of rotatable bonds is 3. The fourth-order valence-corrected chi connectivity index (χ4v) is 4.90. The van der Waals surface area contributed by atoms with Gasteiger partial charge >= 0.3 is 5.97 Å². The van der Waals surface area contributed by atoms with Crippen molar-refractivity contribution in [2.75, 3.05) is 45.2 Å². The quantitative estimate of drug-likeness (QED) is 0.777. The van der Waals surface area contributed by atoms with Crippen LogP contribution < -0.4 is 4.90 Å². The highest BCUT2D eigenvalue weighted by Gasteiger charge is 2.40. The molecule has 0 aromatic carbocycles. The van der Waals surface area contributed by atoms with Crippen molar-refractivity contribution < 1.29 is 9.53 Å². The number of methoxy groups -OCH3 is 1. The van der Waals surface area contributed by atoms with Crippen LogP contribution in [0.2, 0.25) is 0 Å². The minimum Gasteiger partial charge on any atom is -0.465 e. The number of pyridine rings is 1. The Morgan fingerprint density at radius 3 is 2.44 bits per heavy atom. The summed E-state index contributed by atoms with van der Waals surface area (Å²) >= 11 is 0. The number of nitrogens with zero attached hydrogens (tertiary/aromatic N) is 4. The number of carbonyl (C=O) groups excluding carboxylic acids is 1. The average Bonchev–Trinajstić information content (AvgIpc) is 2.87. The maximum atomic E-state index is 12.0. The van der Waals surface area contributed by atoms with Crippen molar-refractivity contribution in [3.63, 3.8) is 0 Å². The number of anilines is 1. The lowest BCUT2D eigenvalue weighted by atomic mass is 9.96. The lowest BCUT2D eigenvalue weighted by Crippen LogP contribution is -2.55. The summed E-state index contributed by atoms with van der Waals surface area (Å²) in [5.41, 5.74) is 0.566. The van der Waals surface area contributed by atoms with Crippen molar-refractivity contribution in [2.24, 2.45) is 0 Å². The fourth-order valence-electron chi connectivity index (χ4n) is 4.90. The van der Waals surface area contributed by atoms with Crippen LogP contribution in [0.15, 0.2) is 18.3 Å². The van der Waals surface area contributed by atoms with Crippen LogP contribution in [-0.2, 0) is 4.74 Å². The molecule has 4 heterocycles. The van der Waals surface area contributed by atoms with E-state index < -0.39 is 0 Å². The predicted octanol–water partition coefficient (Wildman–Crippen LogP) is 1.62. The first-order chi connectivity index (χ1) is 12.2. The molecule has 2 bridgehead atoms. The van der Waals surface area contributed by atoms with Gasteiger partial charge in [-0.2, -0.15) is 0 Å². The van der Waals surface area contributed by atoms with E-state index in [0.717, 1.165) is 50.1 Å². The molecule has 6 heteroatoms. The zero-order chi connectivity index (χ0) is 17.4. The van der Waals surface area contributed by atoms with E-state index in [1.54, 1.807) is 18.3 Å². The molecule has 2 unspecified atom stereocenters. The van der Waals surface area contributed by atoms with Crippen molar-refractivity contribution in [2.45, 2.75) is 43.8 Å². The molecule has 3 saturated heterocycles. The third-order valence-corrected chi connectivity index (χ3v) is 6.40. The summed E-state index contributed by atoms with van der Waals surface area (Å²) in [5.74, 6) is 0.454. The van der Waals surface area contributed by atoms with E-state index in [1.165, 1.54) is 32.8 Å². The van der Waals surface area contributed by atoms with Crippen molar-refractivity contribution in [3.8, 4) is 0 Å². The molecule has 0 amide bonds. The van der Waals surface area contributed by atoms with Crippen LogP contribution in [0.5, 0.6) is 0 Å². The van der Waals surface area contributed by atoms with Gasteiger partial charge in [0.15, 0.2) is 0 Å². The van der Waals surface area contributed by atoms with Gasteiger partial charge in [-0.1, -0.05) is 0 Å². The van der Waals surface area contributed by atoms with Crippen molar-refractivity contribution in [3.05, 3.63) is 23.9 Å².